The molecule has 0 aromatic heterocycles. The molecule has 3 atom stereocenters. The largest absolute Gasteiger partial charge is 0.396 e. The van der Waals surface area contributed by atoms with E-state index < -0.39 is 0 Å². The van der Waals surface area contributed by atoms with Crippen LogP contribution in [0.3, 0.4) is 0 Å². The molecule has 2 rings (SSSR count). The van der Waals surface area contributed by atoms with Crippen molar-refractivity contribution in [3.8, 4) is 0 Å². The van der Waals surface area contributed by atoms with Crippen LogP contribution in [0, 0.1) is 11.8 Å². The van der Waals surface area contributed by atoms with Gasteiger partial charge in [0.25, 0.3) is 0 Å². The van der Waals surface area contributed by atoms with E-state index in [4.69, 9.17) is 10.8 Å². The third-order valence-electron chi connectivity index (χ3n) is 4.25. The van der Waals surface area contributed by atoms with Gasteiger partial charge in [-0.25, -0.2) is 0 Å². The van der Waals surface area contributed by atoms with Crippen molar-refractivity contribution in [2.24, 2.45) is 17.6 Å². The number of likely N-dealkylation sites (tertiary alicyclic amines) is 1. The topological polar surface area (TPSA) is 66.6 Å². The van der Waals surface area contributed by atoms with Crippen LogP contribution in [-0.2, 0) is 4.79 Å². The van der Waals surface area contributed by atoms with Gasteiger partial charge in [0.1, 0.15) is 0 Å². The second-order valence-electron chi connectivity index (χ2n) is 5.51. The molecule has 1 saturated carbocycles. The molecule has 17 heavy (non-hydrogen) atoms. The molecule has 2 aliphatic rings. The van der Waals surface area contributed by atoms with E-state index in [0.29, 0.717) is 5.92 Å². The van der Waals surface area contributed by atoms with Gasteiger partial charge in [-0.1, -0.05) is 6.42 Å². The van der Waals surface area contributed by atoms with E-state index in [0.717, 1.165) is 51.6 Å². The first-order chi connectivity index (χ1) is 8.22. The van der Waals surface area contributed by atoms with Crippen molar-refractivity contribution in [1.82, 2.24) is 4.90 Å². The molecular formula is C13H24N2O2. The van der Waals surface area contributed by atoms with Crippen LogP contribution < -0.4 is 5.73 Å². The Morgan fingerprint density at radius 1 is 1.29 bits per heavy atom. The van der Waals surface area contributed by atoms with Gasteiger partial charge < -0.3 is 15.7 Å². The van der Waals surface area contributed by atoms with Crippen LogP contribution in [0.1, 0.15) is 38.5 Å². The molecule has 3 N–H and O–H groups in total. The molecule has 1 saturated heterocycles. The first kappa shape index (κ1) is 12.8. The summed E-state index contributed by atoms with van der Waals surface area (Å²) in [5.41, 5.74) is 5.99. The van der Waals surface area contributed by atoms with E-state index in [2.05, 4.69) is 0 Å². The Labute approximate surface area is 103 Å². The summed E-state index contributed by atoms with van der Waals surface area (Å²) in [6, 6.07) is 0.0701. The summed E-state index contributed by atoms with van der Waals surface area (Å²) in [4.78, 5) is 14.3. The number of aliphatic hydroxyl groups is 1. The van der Waals surface area contributed by atoms with Gasteiger partial charge in [0, 0.05) is 25.7 Å². The minimum atomic E-state index is 0.0582. The molecule has 1 aliphatic carbocycles. The normalized spacial score (nSPS) is 34.0. The Balaban J connectivity index is 1.90. The molecule has 0 bridgehead atoms. The number of aliphatic hydroxyl groups excluding tert-OH is 1. The number of carbonyl (C=O) groups excluding carboxylic acids is 1. The lowest BCUT2D eigenvalue weighted by atomic mass is 9.93. The number of piperidine rings is 1. The highest BCUT2D eigenvalue weighted by atomic mass is 16.3. The van der Waals surface area contributed by atoms with Gasteiger partial charge in [0.15, 0.2) is 0 Å². The number of amides is 1. The van der Waals surface area contributed by atoms with Crippen molar-refractivity contribution >= 4 is 5.91 Å². The first-order valence-corrected chi connectivity index (χ1v) is 6.87. The maximum Gasteiger partial charge on any atom is 0.227 e. The number of rotatable bonds is 3. The van der Waals surface area contributed by atoms with E-state index >= 15 is 0 Å². The van der Waals surface area contributed by atoms with Gasteiger partial charge in [-0.05, 0) is 38.0 Å². The first-order valence-electron chi connectivity index (χ1n) is 6.87. The van der Waals surface area contributed by atoms with Crippen LogP contribution in [0.25, 0.3) is 0 Å². The molecule has 0 radical (unpaired) electrons. The predicted molar refractivity (Wildman–Crippen MR) is 66.3 cm³/mol. The maximum atomic E-state index is 12.3. The second-order valence-corrected chi connectivity index (χ2v) is 5.51. The minimum Gasteiger partial charge on any atom is -0.396 e. The summed E-state index contributed by atoms with van der Waals surface area (Å²) in [6.45, 7) is 1.93. The van der Waals surface area contributed by atoms with Crippen LogP contribution in [0.2, 0.25) is 0 Å². The number of nitrogens with two attached hydrogens (primary N) is 1. The Morgan fingerprint density at radius 2 is 2.12 bits per heavy atom. The van der Waals surface area contributed by atoms with Crippen molar-refractivity contribution in [3.63, 3.8) is 0 Å². The standard InChI is InChI=1S/C13H24N2O2/c14-12-5-1-4-11(12)13(17)15-7-2-3-10(9-15)6-8-16/h10-12,16H,1-9,14H2. The number of nitrogens with zero attached hydrogens (tertiary/aromatic N) is 1. The molecule has 4 nitrogen and oxygen atoms in total. The minimum absolute atomic E-state index is 0.0582. The lowest BCUT2D eigenvalue weighted by Gasteiger charge is -2.35. The predicted octanol–water partition coefficient (Wildman–Crippen LogP) is 0.735. The van der Waals surface area contributed by atoms with Crippen molar-refractivity contribution in [3.05, 3.63) is 0 Å². The number of carbonyl (C=O) groups is 1. The molecule has 4 heteroatoms. The summed E-state index contributed by atoms with van der Waals surface area (Å²) < 4.78 is 0. The fourth-order valence-corrected chi connectivity index (χ4v) is 3.21. The van der Waals surface area contributed by atoms with Crippen LogP contribution in [-0.4, -0.2) is 41.7 Å². The molecule has 98 valence electrons. The van der Waals surface area contributed by atoms with Crippen LogP contribution >= 0.6 is 0 Å². The average molecular weight is 240 g/mol. The molecule has 0 aromatic rings. The molecule has 3 unspecified atom stereocenters. The van der Waals surface area contributed by atoms with E-state index in [1.807, 2.05) is 4.90 Å². The van der Waals surface area contributed by atoms with Gasteiger partial charge in [-0.2, -0.15) is 0 Å². The smallest absolute Gasteiger partial charge is 0.227 e. The molecule has 0 aromatic carbocycles. The third-order valence-corrected chi connectivity index (χ3v) is 4.25. The summed E-state index contributed by atoms with van der Waals surface area (Å²) in [5.74, 6) is 0.802. The van der Waals surface area contributed by atoms with E-state index in [1.54, 1.807) is 0 Å². The van der Waals surface area contributed by atoms with Crippen molar-refractivity contribution in [2.45, 2.75) is 44.6 Å². The highest BCUT2D eigenvalue weighted by Crippen LogP contribution is 2.28. The van der Waals surface area contributed by atoms with Gasteiger partial charge in [-0.15, -0.1) is 0 Å². The zero-order valence-corrected chi connectivity index (χ0v) is 10.5. The molecule has 2 fully saturated rings. The monoisotopic (exact) mass is 240 g/mol. The van der Waals surface area contributed by atoms with Crippen LogP contribution in [0.15, 0.2) is 0 Å². The van der Waals surface area contributed by atoms with E-state index in [-0.39, 0.29) is 24.5 Å². The van der Waals surface area contributed by atoms with E-state index in [1.165, 1.54) is 0 Å². The molecule has 1 amide bonds. The second kappa shape index (κ2) is 5.83. The lowest BCUT2D eigenvalue weighted by molar-refractivity contribution is -0.137. The Bertz CT molecular complexity index is 268. The third kappa shape index (κ3) is 2.99. The zero-order valence-electron chi connectivity index (χ0n) is 10.5. The summed E-state index contributed by atoms with van der Waals surface area (Å²) >= 11 is 0. The molecule has 0 spiro atoms. The highest BCUT2D eigenvalue weighted by molar-refractivity contribution is 5.80. The zero-order chi connectivity index (χ0) is 12.3. The van der Waals surface area contributed by atoms with Gasteiger partial charge in [-0.3, -0.25) is 4.79 Å². The van der Waals surface area contributed by atoms with Crippen LogP contribution in [0.5, 0.6) is 0 Å². The SMILES string of the molecule is NC1CCCC1C(=O)N1CCCC(CCO)C1. The van der Waals surface area contributed by atoms with Gasteiger partial charge in [0.05, 0.1) is 5.92 Å². The fraction of sp³-hybridized carbons (Fsp3) is 0.923. The van der Waals surface area contributed by atoms with Gasteiger partial charge >= 0.3 is 0 Å². The Kier molecular flexibility index (Phi) is 4.40. The lowest BCUT2D eigenvalue weighted by Crippen LogP contribution is -2.46. The molecular weight excluding hydrogens is 216 g/mol. The maximum absolute atomic E-state index is 12.3. The molecule has 1 aliphatic heterocycles. The van der Waals surface area contributed by atoms with Gasteiger partial charge in [0.2, 0.25) is 5.91 Å². The summed E-state index contributed by atoms with van der Waals surface area (Å²) in [7, 11) is 0. The van der Waals surface area contributed by atoms with Crippen molar-refractivity contribution < 1.29 is 9.90 Å². The Hall–Kier alpha value is -0.610. The summed E-state index contributed by atoms with van der Waals surface area (Å²) in [5, 5.41) is 8.97. The van der Waals surface area contributed by atoms with E-state index in [9.17, 15) is 4.79 Å². The van der Waals surface area contributed by atoms with Crippen LogP contribution in [0.4, 0.5) is 0 Å². The Morgan fingerprint density at radius 3 is 2.76 bits per heavy atom. The molecule has 1 heterocycles. The number of hydrogen-bond donors (Lipinski definition) is 2. The number of hydrogen-bond acceptors (Lipinski definition) is 3. The quantitative estimate of drug-likeness (QED) is 0.764. The summed E-state index contributed by atoms with van der Waals surface area (Å²) in [6.07, 6.45) is 6.07. The average Bonchev–Trinajstić information content (AvgIpc) is 2.75. The van der Waals surface area contributed by atoms with Crippen molar-refractivity contribution in [2.75, 3.05) is 19.7 Å². The van der Waals surface area contributed by atoms with Crippen molar-refractivity contribution in [1.29, 1.82) is 0 Å². The highest BCUT2D eigenvalue weighted by Gasteiger charge is 2.34. The fourth-order valence-electron chi connectivity index (χ4n) is 3.21.